The fourth-order valence-electron chi connectivity index (χ4n) is 4.76. The molecule has 0 bridgehead atoms. The van der Waals surface area contributed by atoms with E-state index in [-0.39, 0.29) is 38.0 Å². The first kappa shape index (κ1) is 43.0. The molecule has 0 aromatic heterocycles. The van der Waals surface area contributed by atoms with Crippen LogP contribution in [0.3, 0.4) is 0 Å². The predicted molar refractivity (Wildman–Crippen MR) is 181 cm³/mol. The van der Waals surface area contributed by atoms with E-state index in [1.54, 1.807) is 44.2 Å². The van der Waals surface area contributed by atoms with Crippen LogP contribution < -0.4 is 38.1 Å². The quantitative estimate of drug-likeness (QED) is 0.0670. The van der Waals surface area contributed by atoms with Crippen LogP contribution in [0.1, 0.15) is 78.2 Å². The summed E-state index contributed by atoms with van der Waals surface area (Å²) in [5, 5.41) is 31.0. The molecule has 6 atom stereocenters. The van der Waals surface area contributed by atoms with E-state index >= 15 is 0 Å². The average Bonchev–Trinajstić information content (AvgIpc) is 3.03. The van der Waals surface area contributed by atoms with Gasteiger partial charge in [-0.05, 0) is 37.7 Å². The lowest BCUT2D eigenvalue weighted by Gasteiger charge is -2.26. The third-order valence-electron chi connectivity index (χ3n) is 7.51. The molecule has 0 aliphatic heterocycles. The highest BCUT2D eigenvalue weighted by atomic mass is 16.4. The molecule has 1 aromatic rings. The Hall–Kier alpha value is -5.06. The summed E-state index contributed by atoms with van der Waals surface area (Å²) in [7, 11) is 0. The largest absolute Gasteiger partial charge is 0.481 e. The lowest BCUT2D eigenvalue weighted by Crippen LogP contribution is -2.59. The number of aliphatic carboxylic acids is 2. The van der Waals surface area contributed by atoms with Gasteiger partial charge in [-0.1, -0.05) is 63.9 Å². The first-order valence-electron chi connectivity index (χ1n) is 16.5. The smallest absolute Gasteiger partial charge is 0.326 e. The summed E-state index contributed by atoms with van der Waals surface area (Å²) in [5.74, 6) is -7.47. The number of carboxylic acids is 2. The van der Waals surface area contributed by atoms with Crippen LogP contribution in [0, 0.1) is 5.92 Å². The summed E-state index contributed by atoms with van der Waals surface area (Å²) in [6.07, 6.45) is 0.110. The Bertz CT molecular complexity index is 1340. The van der Waals surface area contributed by atoms with Gasteiger partial charge < -0.3 is 48.3 Å². The number of nitrogens with two attached hydrogens (primary N) is 2. The third kappa shape index (κ3) is 16.4. The van der Waals surface area contributed by atoms with E-state index in [2.05, 4.69) is 26.6 Å². The summed E-state index contributed by atoms with van der Waals surface area (Å²) in [6, 6.07) is 1.03. The topological polar surface area (TPSA) is 289 Å². The van der Waals surface area contributed by atoms with Crippen LogP contribution in [0.2, 0.25) is 0 Å². The van der Waals surface area contributed by atoms with Gasteiger partial charge in [0.05, 0.1) is 12.5 Å². The molecule has 0 fully saturated rings. The molecule has 0 aliphatic rings. The number of unbranched alkanes of at least 4 members (excludes halogenated alkanes) is 1. The number of amides is 6. The minimum Gasteiger partial charge on any atom is -0.481 e. The van der Waals surface area contributed by atoms with Gasteiger partial charge in [-0.2, -0.15) is 0 Å². The van der Waals surface area contributed by atoms with Crippen molar-refractivity contribution in [3.63, 3.8) is 0 Å². The number of carboxylic acid groups (broad SMARTS) is 2. The molecule has 0 unspecified atom stereocenters. The van der Waals surface area contributed by atoms with Gasteiger partial charge >= 0.3 is 11.9 Å². The third-order valence-corrected chi connectivity index (χ3v) is 7.51. The zero-order valence-electron chi connectivity index (χ0n) is 28.9. The number of rotatable bonds is 23. The number of carbonyl (C=O) groups excluding carboxylic acids is 6. The minimum atomic E-state index is -1.49. The Morgan fingerprint density at radius 2 is 1.22 bits per heavy atom. The number of hydrogen-bond donors (Lipinski definition) is 9. The maximum absolute atomic E-state index is 13.4. The second-order valence-corrected chi connectivity index (χ2v) is 12.5. The van der Waals surface area contributed by atoms with E-state index < -0.39 is 90.1 Å². The van der Waals surface area contributed by atoms with Crippen LogP contribution in [0.5, 0.6) is 0 Å². The van der Waals surface area contributed by atoms with Crippen LogP contribution in [-0.4, -0.2) is 93.8 Å². The number of nitrogens with one attached hydrogen (secondary N) is 5. The number of hydrogen-bond acceptors (Lipinski definition) is 9. The molecular weight excluding hydrogens is 654 g/mol. The fraction of sp³-hybridized carbons (Fsp3) is 0.576. The van der Waals surface area contributed by atoms with Crippen molar-refractivity contribution in [2.45, 2.75) is 115 Å². The average molecular weight is 706 g/mol. The van der Waals surface area contributed by atoms with Crippen molar-refractivity contribution in [1.29, 1.82) is 0 Å². The molecule has 6 amide bonds. The maximum atomic E-state index is 13.4. The SMILES string of the molecule is CCCC[C@H](NC(=O)[C@H](CCC(N)=O)NC(=O)[C@@H](N)CC(=O)O)C(=O)N[C@@H](C)C(=O)N[C@@H](Cc1ccccc1)C(=O)N[C@@H](CC(C)C)C(=O)O. The zero-order chi connectivity index (χ0) is 38.0. The molecule has 0 radical (unpaired) electrons. The summed E-state index contributed by atoms with van der Waals surface area (Å²) in [5.41, 5.74) is 11.5. The van der Waals surface area contributed by atoms with Crippen LogP contribution in [-0.2, 0) is 44.8 Å². The normalized spacial score (nSPS) is 14.5. The van der Waals surface area contributed by atoms with Crippen molar-refractivity contribution >= 4 is 47.4 Å². The molecule has 0 saturated heterocycles. The molecule has 0 aliphatic carbocycles. The van der Waals surface area contributed by atoms with Crippen molar-refractivity contribution < 1.29 is 48.6 Å². The van der Waals surface area contributed by atoms with Crippen molar-refractivity contribution in [2.24, 2.45) is 17.4 Å². The number of carbonyl (C=O) groups is 8. The highest BCUT2D eigenvalue weighted by Crippen LogP contribution is 2.09. The Balaban J connectivity index is 3.13. The first-order valence-corrected chi connectivity index (χ1v) is 16.5. The van der Waals surface area contributed by atoms with Gasteiger partial charge in [0.2, 0.25) is 35.4 Å². The monoisotopic (exact) mass is 705 g/mol. The molecule has 278 valence electrons. The van der Waals surface area contributed by atoms with E-state index in [1.165, 1.54) is 6.92 Å². The standard InChI is InChI=1S/C33H51N7O10/c1-5-6-12-22(38-31(47)23(13-14-26(35)41)37-29(45)21(34)17-27(42)43)30(46)36-19(4)28(44)39-24(16-20-10-8-7-9-11-20)32(48)40-25(33(49)50)15-18(2)3/h7-11,18-19,21-25H,5-6,12-17,34H2,1-4H3,(H2,35,41)(H,36,46)(H,37,45)(H,38,47)(H,39,44)(H,40,48)(H,42,43)(H,49,50)/t19-,21-,22-,23-,24-,25-/m0/s1. The van der Waals surface area contributed by atoms with Gasteiger partial charge in [0.15, 0.2) is 0 Å². The minimum absolute atomic E-state index is 0.0246. The van der Waals surface area contributed by atoms with Gasteiger partial charge in [0.25, 0.3) is 0 Å². The van der Waals surface area contributed by atoms with E-state index in [4.69, 9.17) is 16.6 Å². The van der Waals surface area contributed by atoms with E-state index in [0.29, 0.717) is 18.4 Å². The molecule has 0 spiro atoms. The highest BCUT2D eigenvalue weighted by Gasteiger charge is 2.32. The van der Waals surface area contributed by atoms with E-state index in [0.717, 1.165) is 0 Å². The lowest BCUT2D eigenvalue weighted by molar-refractivity contribution is -0.142. The lowest BCUT2D eigenvalue weighted by atomic mass is 10.0. The molecule has 17 heteroatoms. The van der Waals surface area contributed by atoms with E-state index in [1.807, 2.05) is 6.92 Å². The van der Waals surface area contributed by atoms with Crippen molar-refractivity contribution in [3.8, 4) is 0 Å². The second kappa shape index (κ2) is 21.8. The van der Waals surface area contributed by atoms with Crippen LogP contribution >= 0.6 is 0 Å². The Morgan fingerprint density at radius 1 is 0.700 bits per heavy atom. The van der Waals surface area contributed by atoms with Gasteiger partial charge in [-0.15, -0.1) is 0 Å². The van der Waals surface area contributed by atoms with Crippen molar-refractivity contribution in [3.05, 3.63) is 35.9 Å². The summed E-state index contributed by atoms with van der Waals surface area (Å²) in [6.45, 7) is 6.82. The van der Waals surface area contributed by atoms with Crippen LogP contribution in [0.4, 0.5) is 0 Å². The van der Waals surface area contributed by atoms with Crippen LogP contribution in [0.15, 0.2) is 30.3 Å². The van der Waals surface area contributed by atoms with Gasteiger partial charge in [-0.3, -0.25) is 33.6 Å². The Labute approximate surface area is 291 Å². The van der Waals surface area contributed by atoms with Crippen molar-refractivity contribution in [2.75, 3.05) is 0 Å². The predicted octanol–water partition coefficient (Wildman–Crippen LogP) is -0.939. The molecule has 1 rings (SSSR count). The number of primary amides is 1. The first-order chi connectivity index (χ1) is 23.4. The molecular formula is C33H51N7O10. The Kier molecular flexibility index (Phi) is 18.7. The molecule has 0 heterocycles. The molecule has 17 nitrogen and oxygen atoms in total. The molecule has 1 aromatic carbocycles. The van der Waals surface area contributed by atoms with Gasteiger partial charge in [0, 0.05) is 12.8 Å². The summed E-state index contributed by atoms with van der Waals surface area (Å²) in [4.78, 5) is 99.9. The Morgan fingerprint density at radius 3 is 1.76 bits per heavy atom. The van der Waals surface area contributed by atoms with Gasteiger partial charge in [0.1, 0.15) is 30.2 Å². The molecule has 11 N–H and O–H groups in total. The molecule has 50 heavy (non-hydrogen) atoms. The molecule has 0 saturated carbocycles. The van der Waals surface area contributed by atoms with Crippen LogP contribution in [0.25, 0.3) is 0 Å². The van der Waals surface area contributed by atoms with E-state index in [9.17, 15) is 43.5 Å². The maximum Gasteiger partial charge on any atom is 0.326 e. The fourth-order valence-corrected chi connectivity index (χ4v) is 4.76. The highest BCUT2D eigenvalue weighted by molar-refractivity contribution is 5.96. The summed E-state index contributed by atoms with van der Waals surface area (Å²) < 4.78 is 0. The zero-order valence-corrected chi connectivity index (χ0v) is 28.9. The number of benzene rings is 1. The second-order valence-electron chi connectivity index (χ2n) is 12.5. The van der Waals surface area contributed by atoms with Gasteiger partial charge in [-0.25, -0.2) is 4.79 Å². The van der Waals surface area contributed by atoms with Crippen molar-refractivity contribution in [1.82, 2.24) is 26.6 Å². The summed E-state index contributed by atoms with van der Waals surface area (Å²) >= 11 is 0.